The lowest BCUT2D eigenvalue weighted by Gasteiger charge is -2.27. The predicted octanol–water partition coefficient (Wildman–Crippen LogP) is 2.63. The van der Waals surface area contributed by atoms with Crippen molar-refractivity contribution in [2.75, 3.05) is 23.4 Å². The van der Waals surface area contributed by atoms with Gasteiger partial charge in [0, 0.05) is 12.6 Å². The molecule has 26 heavy (non-hydrogen) atoms. The summed E-state index contributed by atoms with van der Waals surface area (Å²) in [6.07, 6.45) is 2.63. The number of carbonyl (C=O) groups excluding carboxylic acids is 2. The van der Waals surface area contributed by atoms with Crippen LogP contribution in [0, 0.1) is 0 Å². The molecule has 1 unspecified atom stereocenters. The van der Waals surface area contributed by atoms with Gasteiger partial charge in [0.1, 0.15) is 0 Å². The van der Waals surface area contributed by atoms with E-state index >= 15 is 0 Å². The molecule has 0 aliphatic carbocycles. The van der Waals surface area contributed by atoms with Gasteiger partial charge in [-0.3, -0.25) is 9.59 Å². The molecule has 0 radical (unpaired) electrons. The van der Waals surface area contributed by atoms with Crippen molar-refractivity contribution < 1.29 is 22.4 Å². The van der Waals surface area contributed by atoms with Crippen LogP contribution in [0.5, 0.6) is 0 Å². The van der Waals surface area contributed by atoms with Crippen molar-refractivity contribution in [1.82, 2.24) is 4.90 Å². The summed E-state index contributed by atoms with van der Waals surface area (Å²) in [5, 5.41) is 3.22. The Morgan fingerprint density at radius 2 is 2.15 bits per heavy atom. The van der Waals surface area contributed by atoms with Crippen molar-refractivity contribution in [3.05, 3.63) is 41.2 Å². The Hall–Kier alpha value is -2.13. The third-order valence-electron chi connectivity index (χ3n) is 4.17. The number of hydrogen-bond acceptors (Lipinski definition) is 6. The Kier molecular flexibility index (Phi) is 5.47. The normalized spacial score (nSPS) is 18.6. The lowest BCUT2D eigenvalue weighted by atomic mass is 10.2. The maximum Gasteiger partial charge on any atom is 0.291 e. The molecule has 1 saturated heterocycles. The lowest BCUT2D eigenvalue weighted by molar-refractivity contribution is 0.0702. The number of thiophene rings is 1. The van der Waals surface area contributed by atoms with Gasteiger partial charge in [-0.25, -0.2) is 8.42 Å². The van der Waals surface area contributed by atoms with Gasteiger partial charge in [-0.15, -0.1) is 11.3 Å². The van der Waals surface area contributed by atoms with Crippen molar-refractivity contribution in [3.8, 4) is 0 Å². The molecule has 1 fully saturated rings. The first-order valence-electron chi connectivity index (χ1n) is 8.35. The minimum absolute atomic E-state index is 0.0200. The topological polar surface area (TPSA) is 96.7 Å². The molecule has 3 rings (SSSR count). The van der Waals surface area contributed by atoms with Crippen LogP contribution in [0.25, 0.3) is 0 Å². The van der Waals surface area contributed by atoms with Crippen LogP contribution in [0.4, 0.5) is 5.00 Å². The number of nitrogens with one attached hydrogen (secondary N) is 1. The van der Waals surface area contributed by atoms with Gasteiger partial charge in [0.25, 0.3) is 11.8 Å². The van der Waals surface area contributed by atoms with Crippen LogP contribution in [-0.2, 0) is 9.84 Å². The fourth-order valence-electron chi connectivity index (χ4n) is 2.95. The quantitative estimate of drug-likeness (QED) is 0.810. The molecule has 0 bridgehead atoms. The minimum atomic E-state index is -3.07. The molecule has 1 aliphatic heterocycles. The van der Waals surface area contributed by atoms with Gasteiger partial charge >= 0.3 is 0 Å². The number of furan rings is 1. The van der Waals surface area contributed by atoms with Gasteiger partial charge < -0.3 is 14.6 Å². The van der Waals surface area contributed by atoms with E-state index in [2.05, 4.69) is 5.32 Å². The Balaban J connectivity index is 1.72. The van der Waals surface area contributed by atoms with E-state index in [0.29, 0.717) is 22.8 Å². The summed E-state index contributed by atoms with van der Waals surface area (Å²) in [6, 6.07) is 6.20. The number of hydrogen-bond donors (Lipinski definition) is 1. The third-order valence-corrected chi connectivity index (χ3v) is 6.91. The van der Waals surface area contributed by atoms with Crippen molar-refractivity contribution in [3.63, 3.8) is 0 Å². The Bertz CT molecular complexity index is 886. The Morgan fingerprint density at radius 3 is 2.77 bits per heavy atom. The first kappa shape index (κ1) is 18.7. The zero-order valence-corrected chi connectivity index (χ0v) is 15.9. The van der Waals surface area contributed by atoms with Crippen LogP contribution < -0.4 is 5.32 Å². The van der Waals surface area contributed by atoms with Gasteiger partial charge in [0.2, 0.25) is 0 Å². The molecule has 1 aliphatic rings. The molecule has 7 nitrogen and oxygen atoms in total. The lowest BCUT2D eigenvalue weighted by Crippen LogP contribution is -2.41. The van der Waals surface area contributed by atoms with E-state index in [1.807, 2.05) is 6.92 Å². The van der Waals surface area contributed by atoms with Crippen LogP contribution in [0.2, 0.25) is 0 Å². The van der Waals surface area contributed by atoms with Crippen molar-refractivity contribution in [2.45, 2.75) is 25.8 Å². The second kappa shape index (κ2) is 7.63. The molecule has 3 heterocycles. The summed E-state index contributed by atoms with van der Waals surface area (Å²) < 4.78 is 28.5. The van der Waals surface area contributed by atoms with E-state index in [-0.39, 0.29) is 35.1 Å². The summed E-state index contributed by atoms with van der Waals surface area (Å²) in [6.45, 7) is 2.46. The second-order valence-corrected chi connectivity index (χ2v) is 9.46. The largest absolute Gasteiger partial charge is 0.459 e. The van der Waals surface area contributed by atoms with E-state index in [1.54, 1.807) is 29.2 Å². The molecular formula is C17H20N2O5S2. The number of nitrogens with zero attached hydrogens (tertiary/aromatic N) is 1. The first-order chi connectivity index (χ1) is 12.4. The molecular weight excluding hydrogens is 376 g/mol. The Morgan fingerprint density at radius 1 is 1.35 bits per heavy atom. The average molecular weight is 396 g/mol. The fraction of sp³-hybridized carbons (Fsp3) is 0.412. The first-order valence-corrected chi connectivity index (χ1v) is 11.0. The molecule has 2 aromatic heterocycles. The van der Waals surface area contributed by atoms with E-state index in [9.17, 15) is 18.0 Å². The fourth-order valence-corrected chi connectivity index (χ4v) is 5.54. The van der Waals surface area contributed by atoms with Crippen molar-refractivity contribution in [1.29, 1.82) is 0 Å². The van der Waals surface area contributed by atoms with Crippen molar-refractivity contribution >= 4 is 38.0 Å². The molecule has 2 aromatic rings. The smallest absolute Gasteiger partial charge is 0.291 e. The number of amides is 2. The van der Waals surface area contributed by atoms with Crippen LogP contribution in [0.15, 0.2) is 34.9 Å². The molecule has 140 valence electrons. The predicted molar refractivity (Wildman–Crippen MR) is 99.4 cm³/mol. The summed E-state index contributed by atoms with van der Waals surface area (Å²) in [7, 11) is -3.07. The van der Waals surface area contributed by atoms with Gasteiger partial charge in [0.15, 0.2) is 15.6 Å². The van der Waals surface area contributed by atoms with Gasteiger partial charge in [-0.05, 0) is 37.1 Å². The number of sulfone groups is 1. The molecule has 1 atom stereocenters. The summed E-state index contributed by atoms with van der Waals surface area (Å²) >= 11 is 1.17. The molecule has 0 aromatic carbocycles. The van der Waals surface area contributed by atoms with Crippen LogP contribution in [0.3, 0.4) is 0 Å². The highest BCUT2D eigenvalue weighted by Crippen LogP contribution is 2.27. The summed E-state index contributed by atoms with van der Waals surface area (Å²) in [5.74, 6) is -0.248. The standard InChI is InChI=1S/C17H20N2O5S2/c1-2-8-19(12-7-10-26(22,23)11-12)17(21)14-5-6-15(25-14)18-16(20)13-4-3-9-24-13/h3-6,9,12H,2,7-8,10-11H2,1H3,(H,18,20). The van der Waals surface area contributed by atoms with Crippen LogP contribution >= 0.6 is 11.3 Å². The van der Waals surface area contributed by atoms with E-state index in [0.717, 1.165) is 6.42 Å². The second-order valence-electron chi connectivity index (χ2n) is 6.15. The third kappa shape index (κ3) is 4.16. The summed E-state index contributed by atoms with van der Waals surface area (Å²) in [4.78, 5) is 27.0. The number of anilines is 1. The van der Waals surface area contributed by atoms with E-state index in [4.69, 9.17) is 4.42 Å². The zero-order chi connectivity index (χ0) is 18.7. The highest BCUT2D eigenvalue weighted by Gasteiger charge is 2.35. The zero-order valence-electron chi connectivity index (χ0n) is 14.3. The maximum atomic E-state index is 12.9. The number of carbonyl (C=O) groups is 2. The van der Waals surface area contributed by atoms with Gasteiger partial charge in [0.05, 0.1) is 27.6 Å². The summed E-state index contributed by atoms with van der Waals surface area (Å²) in [5.41, 5.74) is 0. The number of rotatable bonds is 6. The van der Waals surface area contributed by atoms with E-state index < -0.39 is 9.84 Å². The Labute approximate surface area is 155 Å². The van der Waals surface area contributed by atoms with Crippen LogP contribution in [0.1, 0.15) is 40.0 Å². The van der Waals surface area contributed by atoms with E-state index in [1.165, 1.54) is 17.6 Å². The molecule has 1 N–H and O–H groups in total. The molecule has 0 saturated carbocycles. The SMILES string of the molecule is CCCN(C(=O)c1ccc(NC(=O)c2ccco2)s1)C1CCS(=O)(=O)C1. The molecule has 9 heteroatoms. The average Bonchev–Trinajstić information content (AvgIpc) is 3.32. The van der Waals surface area contributed by atoms with Gasteiger partial charge in [-0.1, -0.05) is 6.92 Å². The highest BCUT2D eigenvalue weighted by molar-refractivity contribution is 7.91. The minimum Gasteiger partial charge on any atom is -0.459 e. The van der Waals surface area contributed by atoms with Crippen molar-refractivity contribution in [2.24, 2.45) is 0 Å². The highest BCUT2D eigenvalue weighted by atomic mass is 32.2. The van der Waals surface area contributed by atoms with Crippen LogP contribution in [-0.4, -0.2) is 49.2 Å². The molecule has 0 spiro atoms. The molecule has 2 amide bonds. The maximum absolute atomic E-state index is 12.9. The monoisotopic (exact) mass is 396 g/mol. The van der Waals surface area contributed by atoms with Gasteiger partial charge in [-0.2, -0.15) is 0 Å².